The lowest BCUT2D eigenvalue weighted by atomic mass is 10.3. The molecule has 0 N–H and O–H groups in total. The quantitative estimate of drug-likeness (QED) is 0.618. The van der Waals surface area contributed by atoms with Crippen LogP contribution in [-0.4, -0.2) is 34.7 Å². The zero-order valence-corrected chi connectivity index (χ0v) is 13.7. The molecule has 0 saturated carbocycles. The molecule has 0 atom stereocenters. The maximum absolute atomic E-state index is 12.1. The van der Waals surface area contributed by atoms with Crippen molar-refractivity contribution in [3.05, 3.63) is 26.3 Å². The average Bonchev–Trinajstić information content (AvgIpc) is 2.88. The smallest absolute Gasteiger partial charge is 0.326 e. The first-order valence-electron chi connectivity index (χ1n) is 6.07. The minimum Gasteiger partial charge on any atom is -0.462 e. The Kier molecular flexibility index (Phi) is 5.08. The van der Waals surface area contributed by atoms with Crippen LogP contribution in [0.4, 0.5) is 4.79 Å². The Morgan fingerprint density at radius 2 is 2.14 bits per heavy atom. The monoisotopic (exact) mass is 345 g/mol. The van der Waals surface area contributed by atoms with E-state index in [2.05, 4.69) is 0 Å². The van der Waals surface area contributed by atoms with E-state index in [1.807, 2.05) is 0 Å². The van der Waals surface area contributed by atoms with Gasteiger partial charge in [-0.25, -0.2) is 0 Å². The number of carbonyl (C=O) groups is 3. The molecule has 1 saturated heterocycles. The summed E-state index contributed by atoms with van der Waals surface area (Å²) in [6.07, 6.45) is 1.30. The van der Waals surface area contributed by atoms with E-state index < -0.39 is 17.1 Å². The predicted octanol–water partition coefficient (Wildman–Crippen LogP) is 3.39. The van der Waals surface area contributed by atoms with Crippen LogP contribution in [0.25, 0.3) is 6.08 Å². The van der Waals surface area contributed by atoms with Crippen LogP contribution in [0.2, 0.25) is 4.34 Å². The van der Waals surface area contributed by atoms with Crippen LogP contribution in [0, 0.1) is 0 Å². The molecule has 0 aromatic carbocycles. The first-order valence-corrected chi connectivity index (χ1v) is 8.08. The molecule has 8 heteroatoms. The van der Waals surface area contributed by atoms with Crippen molar-refractivity contribution in [1.82, 2.24) is 4.90 Å². The van der Waals surface area contributed by atoms with Gasteiger partial charge < -0.3 is 4.74 Å². The van der Waals surface area contributed by atoms with Gasteiger partial charge in [0.2, 0.25) is 0 Å². The lowest BCUT2D eigenvalue weighted by molar-refractivity contribution is -0.149. The van der Waals surface area contributed by atoms with Crippen molar-refractivity contribution < 1.29 is 19.1 Å². The molecule has 1 aliphatic heterocycles. The molecular weight excluding hydrogens is 334 g/mol. The Morgan fingerprint density at radius 1 is 1.43 bits per heavy atom. The summed E-state index contributed by atoms with van der Waals surface area (Å²) in [6, 6.07) is 3.47. The normalized spacial score (nSPS) is 17.1. The van der Waals surface area contributed by atoms with Gasteiger partial charge in [0.05, 0.1) is 15.3 Å². The first kappa shape index (κ1) is 16.1. The Labute approximate surface area is 134 Å². The highest BCUT2D eigenvalue weighted by Gasteiger charge is 2.36. The second-order valence-corrected chi connectivity index (χ2v) is 7.19. The van der Waals surface area contributed by atoms with E-state index in [9.17, 15) is 14.4 Å². The average molecular weight is 346 g/mol. The van der Waals surface area contributed by atoms with Gasteiger partial charge in [0, 0.05) is 4.88 Å². The third kappa shape index (κ3) is 4.09. The van der Waals surface area contributed by atoms with E-state index in [-0.39, 0.29) is 17.6 Å². The number of carbonyl (C=O) groups excluding carboxylic acids is 3. The van der Waals surface area contributed by atoms with Crippen molar-refractivity contribution in [2.24, 2.45) is 0 Å². The van der Waals surface area contributed by atoms with Gasteiger partial charge in [-0.3, -0.25) is 19.3 Å². The van der Waals surface area contributed by atoms with Gasteiger partial charge in [0.25, 0.3) is 11.1 Å². The molecule has 5 nitrogen and oxygen atoms in total. The van der Waals surface area contributed by atoms with E-state index in [0.717, 1.165) is 21.5 Å². The minimum absolute atomic E-state index is 0.274. The Bertz CT molecular complexity index is 623. The van der Waals surface area contributed by atoms with Gasteiger partial charge in [0.1, 0.15) is 6.54 Å². The fourth-order valence-electron chi connectivity index (χ4n) is 1.60. The molecule has 0 spiro atoms. The molecule has 112 valence electrons. The molecule has 21 heavy (non-hydrogen) atoms. The van der Waals surface area contributed by atoms with Crippen molar-refractivity contribution in [2.45, 2.75) is 20.0 Å². The molecule has 1 aromatic heterocycles. The van der Waals surface area contributed by atoms with Crippen molar-refractivity contribution in [1.29, 1.82) is 0 Å². The minimum atomic E-state index is -0.604. The number of hydrogen-bond donors (Lipinski definition) is 0. The fraction of sp³-hybridized carbons (Fsp3) is 0.308. The van der Waals surface area contributed by atoms with Crippen molar-refractivity contribution in [3.63, 3.8) is 0 Å². The van der Waals surface area contributed by atoms with Crippen molar-refractivity contribution >= 4 is 57.9 Å². The summed E-state index contributed by atoms with van der Waals surface area (Å²) in [6.45, 7) is 3.03. The van der Waals surface area contributed by atoms with Crippen LogP contribution < -0.4 is 0 Å². The molecule has 1 aromatic rings. The zero-order valence-electron chi connectivity index (χ0n) is 11.3. The number of halogens is 1. The van der Waals surface area contributed by atoms with Gasteiger partial charge >= 0.3 is 5.97 Å². The van der Waals surface area contributed by atoms with E-state index in [1.165, 1.54) is 11.3 Å². The van der Waals surface area contributed by atoms with Crippen LogP contribution in [-0.2, 0) is 14.3 Å². The topological polar surface area (TPSA) is 63.7 Å². The highest BCUT2D eigenvalue weighted by molar-refractivity contribution is 8.18. The lowest BCUT2D eigenvalue weighted by Crippen LogP contribution is -2.35. The second-order valence-electron chi connectivity index (χ2n) is 4.45. The third-order valence-corrected chi connectivity index (χ3v) is 4.48. The number of nitrogens with zero attached hydrogens (tertiary/aromatic N) is 1. The summed E-state index contributed by atoms with van der Waals surface area (Å²) < 4.78 is 5.53. The summed E-state index contributed by atoms with van der Waals surface area (Å²) in [5, 5.41) is -0.477. The molecule has 0 aliphatic carbocycles. The molecular formula is C13H12ClNO4S2. The lowest BCUT2D eigenvalue weighted by Gasteiger charge is -2.13. The number of esters is 1. The van der Waals surface area contributed by atoms with Crippen molar-refractivity contribution in [2.75, 3.05) is 6.54 Å². The number of thioether (sulfide) groups is 1. The van der Waals surface area contributed by atoms with Crippen molar-refractivity contribution in [3.8, 4) is 0 Å². The number of rotatable bonds is 4. The van der Waals surface area contributed by atoms with Gasteiger partial charge in [-0.15, -0.1) is 11.3 Å². The van der Waals surface area contributed by atoms with E-state index in [1.54, 1.807) is 32.1 Å². The largest absolute Gasteiger partial charge is 0.462 e. The van der Waals surface area contributed by atoms with E-state index in [4.69, 9.17) is 16.3 Å². The molecule has 0 radical (unpaired) electrons. The Morgan fingerprint density at radius 3 is 2.71 bits per heavy atom. The number of thiophene rings is 1. The molecule has 0 unspecified atom stereocenters. The van der Waals surface area contributed by atoms with Gasteiger partial charge in [-0.1, -0.05) is 11.6 Å². The molecule has 0 bridgehead atoms. The summed E-state index contributed by atoms with van der Waals surface area (Å²) in [5.41, 5.74) is 0. The van der Waals surface area contributed by atoms with E-state index >= 15 is 0 Å². The SMILES string of the molecule is CC(C)OC(=O)CN1C(=O)S/C(=C/c2ccc(Cl)s2)C1=O. The summed E-state index contributed by atoms with van der Waals surface area (Å²) >= 11 is 7.92. The van der Waals surface area contributed by atoms with Crippen LogP contribution in [0.15, 0.2) is 17.0 Å². The third-order valence-electron chi connectivity index (χ3n) is 2.40. The summed E-state index contributed by atoms with van der Waals surface area (Å²) in [4.78, 5) is 37.4. The highest BCUT2D eigenvalue weighted by Crippen LogP contribution is 2.34. The molecule has 2 rings (SSSR count). The van der Waals surface area contributed by atoms with Crippen LogP contribution in [0.3, 0.4) is 0 Å². The van der Waals surface area contributed by atoms with Gasteiger partial charge in [0.15, 0.2) is 0 Å². The maximum Gasteiger partial charge on any atom is 0.326 e. The maximum atomic E-state index is 12.1. The van der Waals surface area contributed by atoms with Crippen LogP contribution in [0.1, 0.15) is 18.7 Å². The summed E-state index contributed by atoms with van der Waals surface area (Å²) in [7, 11) is 0. The van der Waals surface area contributed by atoms with Crippen LogP contribution in [0.5, 0.6) is 0 Å². The number of ether oxygens (including phenoxy) is 1. The fourth-order valence-corrected chi connectivity index (χ4v) is 3.51. The predicted molar refractivity (Wildman–Crippen MR) is 83.2 cm³/mol. The highest BCUT2D eigenvalue weighted by atomic mass is 35.5. The first-order chi connectivity index (χ1) is 9.86. The zero-order chi connectivity index (χ0) is 15.6. The second kappa shape index (κ2) is 6.64. The number of amides is 2. The van der Waals surface area contributed by atoms with E-state index in [0.29, 0.717) is 4.34 Å². The molecule has 2 amide bonds. The Balaban J connectivity index is 2.09. The summed E-state index contributed by atoms with van der Waals surface area (Å²) in [5.74, 6) is -1.09. The van der Waals surface area contributed by atoms with Gasteiger partial charge in [-0.2, -0.15) is 0 Å². The number of imide groups is 1. The number of hydrogen-bond acceptors (Lipinski definition) is 6. The van der Waals surface area contributed by atoms with Gasteiger partial charge in [-0.05, 0) is 43.8 Å². The molecule has 2 heterocycles. The molecule has 1 fully saturated rings. The Hall–Kier alpha value is -1.31. The standard InChI is InChI=1S/C13H12ClNO4S2/c1-7(2)19-11(16)6-15-12(17)9(21-13(15)18)5-8-3-4-10(14)20-8/h3-5,7H,6H2,1-2H3/b9-5+. The van der Waals surface area contributed by atoms with Crippen LogP contribution >= 0.6 is 34.7 Å². The molecule has 1 aliphatic rings.